The van der Waals surface area contributed by atoms with Gasteiger partial charge in [0.1, 0.15) is 5.82 Å². The maximum atomic E-state index is 5.75. The van der Waals surface area contributed by atoms with Gasteiger partial charge in [-0.25, -0.2) is 4.98 Å². The van der Waals surface area contributed by atoms with E-state index in [1.165, 1.54) is 0 Å². The zero-order chi connectivity index (χ0) is 19.5. The lowest BCUT2D eigenvalue weighted by atomic mass is 10.2. The van der Waals surface area contributed by atoms with Crippen molar-refractivity contribution in [1.82, 2.24) is 19.7 Å². The van der Waals surface area contributed by atoms with Crippen molar-refractivity contribution in [2.75, 3.05) is 7.11 Å². The van der Waals surface area contributed by atoms with E-state index in [0.29, 0.717) is 23.2 Å². The lowest BCUT2D eigenvalue weighted by molar-refractivity contribution is 0.233. The second-order valence-electron chi connectivity index (χ2n) is 6.28. The molecule has 7 heteroatoms. The van der Waals surface area contributed by atoms with Crippen LogP contribution in [-0.4, -0.2) is 26.8 Å². The third-order valence-electron chi connectivity index (χ3n) is 4.61. The van der Waals surface area contributed by atoms with Crippen LogP contribution in [0.3, 0.4) is 0 Å². The molecule has 4 rings (SSSR count). The van der Waals surface area contributed by atoms with E-state index < -0.39 is 0 Å². The number of aryl methyl sites for hydroxylation is 2. The third kappa shape index (κ3) is 3.31. The van der Waals surface area contributed by atoms with Crippen molar-refractivity contribution in [2.24, 2.45) is 0 Å². The molecule has 144 valence electrons. The van der Waals surface area contributed by atoms with E-state index in [1.807, 2.05) is 36.4 Å². The molecule has 0 N–H and O–H groups in total. The van der Waals surface area contributed by atoms with Crippen molar-refractivity contribution in [3.8, 4) is 22.9 Å². The Morgan fingerprint density at radius 1 is 1.04 bits per heavy atom. The highest BCUT2D eigenvalue weighted by atomic mass is 16.5. The van der Waals surface area contributed by atoms with Crippen LogP contribution in [0, 0.1) is 0 Å². The minimum atomic E-state index is 0.169. The molecule has 2 heterocycles. The maximum absolute atomic E-state index is 5.75. The second kappa shape index (κ2) is 7.72. The molecule has 4 aromatic rings. The van der Waals surface area contributed by atoms with E-state index >= 15 is 0 Å². The third-order valence-corrected chi connectivity index (χ3v) is 4.61. The lowest BCUT2D eigenvalue weighted by Crippen LogP contribution is -2.00. The van der Waals surface area contributed by atoms with Crippen molar-refractivity contribution in [3.63, 3.8) is 0 Å². The molecule has 0 radical (unpaired) electrons. The first kappa shape index (κ1) is 18.0. The Labute approximate surface area is 162 Å². The molecule has 0 bridgehead atoms. The summed E-state index contributed by atoms with van der Waals surface area (Å²) in [4.78, 5) is 9.16. The van der Waals surface area contributed by atoms with Gasteiger partial charge in [-0.2, -0.15) is 4.98 Å². The predicted octanol–water partition coefficient (Wildman–Crippen LogP) is 4.26. The van der Waals surface area contributed by atoms with Crippen molar-refractivity contribution in [1.29, 1.82) is 0 Å². The van der Waals surface area contributed by atoms with Crippen LogP contribution in [0.2, 0.25) is 0 Å². The number of ether oxygens (including phenoxy) is 2. The number of rotatable bonds is 7. The first-order valence-electron chi connectivity index (χ1n) is 9.31. The predicted molar refractivity (Wildman–Crippen MR) is 105 cm³/mol. The van der Waals surface area contributed by atoms with Crippen LogP contribution in [0.5, 0.6) is 11.5 Å². The van der Waals surface area contributed by atoms with Gasteiger partial charge >= 0.3 is 0 Å². The minimum absolute atomic E-state index is 0.169. The molecule has 0 saturated carbocycles. The zero-order valence-electron chi connectivity index (χ0n) is 16.2. The number of fused-ring (bicyclic) bond motifs is 1. The number of nitrogens with zero attached hydrogens (tertiary/aromatic N) is 4. The summed E-state index contributed by atoms with van der Waals surface area (Å²) in [6.45, 7) is 5.27. The molecule has 0 fully saturated rings. The first-order valence-corrected chi connectivity index (χ1v) is 9.31. The number of para-hydroxylation sites is 2. The molecule has 0 unspecified atom stereocenters. The summed E-state index contributed by atoms with van der Waals surface area (Å²) >= 11 is 0. The topological polar surface area (TPSA) is 75.2 Å². The number of hydrogen-bond donors (Lipinski definition) is 0. The Bertz CT molecular complexity index is 1100. The van der Waals surface area contributed by atoms with Gasteiger partial charge in [-0.15, -0.1) is 0 Å². The van der Waals surface area contributed by atoms with Crippen LogP contribution in [0.4, 0.5) is 0 Å². The maximum Gasteiger partial charge on any atom is 0.264 e. The van der Waals surface area contributed by atoms with E-state index in [-0.39, 0.29) is 6.61 Å². The van der Waals surface area contributed by atoms with Crippen molar-refractivity contribution in [3.05, 3.63) is 54.2 Å². The molecule has 28 heavy (non-hydrogen) atoms. The van der Waals surface area contributed by atoms with Gasteiger partial charge in [-0.05, 0) is 37.3 Å². The number of benzene rings is 2. The molecule has 0 aliphatic carbocycles. The van der Waals surface area contributed by atoms with Crippen molar-refractivity contribution >= 4 is 11.0 Å². The zero-order valence-corrected chi connectivity index (χ0v) is 16.2. The fourth-order valence-electron chi connectivity index (χ4n) is 3.24. The van der Waals surface area contributed by atoms with E-state index in [2.05, 4.69) is 39.6 Å². The fraction of sp³-hybridized carbons (Fsp3) is 0.286. The SMILES string of the molecule is CCc1nc2ccc(-c3noc(COc4ccccc4OC)n3)cc2n1CC. The van der Waals surface area contributed by atoms with Gasteiger partial charge in [0.15, 0.2) is 18.1 Å². The van der Waals surface area contributed by atoms with Gasteiger partial charge in [0.2, 0.25) is 5.82 Å². The Hall–Kier alpha value is -3.35. The molecule has 0 saturated heterocycles. The van der Waals surface area contributed by atoms with E-state index in [1.54, 1.807) is 7.11 Å². The lowest BCUT2D eigenvalue weighted by Gasteiger charge is -2.07. The highest BCUT2D eigenvalue weighted by Crippen LogP contribution is 2.27. The van der Waals surface area contributed by atoms with Crippen LogP contribution >= 0.6 is 0 Å². The Balaban J connectivity index is 1.57. The summed E-state index contributed by atoms with van der Waals surface area (Å²) in [5.41, 5.74) is 2.94. The summed E-state index contributed by atoms with van der Waals surface area (Å²) in [5, 5.41) is 4.10. The molecule has 7 nitrogen and oxygen atoms in total. The second-order valence-corrected chi connectivity index (χ2v) is 6.28. The largest absolute Gasteiger partial charge is 0.493 e. The Kier molecular flexibility index (Phi) is 4.97. The van der Waals surface area contributed by atoms with Crippen molar-refractivity contribution < 1.29 is 14.0 Å². The summed E-state index contributed by atoms with van der Waals surface area (Å²) in [5.74, 6) is 3.30. The van der Waals surface area contributed by atoms with Crippen LogP contribution in [0.25, 0.3) is 22.4 Å². The van der Waals surface area contributed by atoms with Gasteiger partial charge in [0.25, 0.3) is 5.89 Å². The van der Waals surface area contributed by atoms with Gasteiger partial charge in [-0.1, -0.05) is 24.2 Å². The highest BCUT2D eigenvalue weighted by Gasteiger charge is 2.14. The molecule has 0 aliphatic rings. The smallest absolute Gasteiger partial charge is 0.264 e. The Morgan fingerprint density at radius 3 is 2.61 bits per heavy atom. The molecule has 2 aromatic heterocycles. The first-order chi connectivity index (χ1) is 13.7. The van der Waals surface area contributed by atoms with Crippen LogP contribution in [-0.2, 0) is 19.6 Å². The molecular weight excluding hydrogens is 356 g/mol. The number of methoxy groups -OCH3 is 1. The van der Waals surface area contributed by atoms with E-state index in [0.717, 1.165) is 35.4 Å². The number of hydrogen-bond acceptors (Lipinski definition) is 6. The molecule has 0 atom stereocenters. The standard InChI is InChI=1S/C21H22N4O3/c1-4-19-22-15-11-10-14(12-16(15)25(19)5-2)21-23-20(28-24-21)13-27-18-9-7-6-8-17(18)26-3/h6-12H,4-5,13H2,1-3H3. The highest BCUT2D eigenvalue weighted by molar-refractivity contribution is 5.81. The summed E-state index contributed by atoms with van der Waals surface area (Å²) < 4.78 is 18.6. The number of imidazole rings is 1. The molecule has 0 aliphatic heterocycles. The molecule has 2 aromatic carbocycles. The normalized spacial score (nSPS) is 11.1. The summed E-state index contributed by atoms with van der Waals surface area (Å²) in [6.07, 6.45) is 0.893. The molecular formula is C21H22N4O3. The average molecular weight is 378 g/mol. The molecule has 0 amide bonds. The monoisotopic (exact) mass is 378 g/mol. The Morgan fingerprint density at radius 2 is 1.86 bits per heavy atom. The van der Waals surface area contributed by atoms with Gasteiger partial charge in [0, 0.05) is 18.5 Å². The summed E-state index contributed by atoms with van der Waals surface area (Å²) in [6, 6.07) is 13.5. The van der Waals surface area contributed by atoms with Crippen LogP contribution in [0.15, 0.2) is 47.0 Å². The quantitative estimate of drug-likeness (QED) is 0.478. The average Bonchev–Trinajstić information content (AvgIpc) is 3.35. The van der Waals surface area contributed by atoms with Gasteiger partial charge < -0.3 is 18.6 Å². The van der Waals surface area contributed by atoms with E-state index in [9.17, 15) is 0 Å². The fourth-order valence-corrected chi connectivity index (χ4v) is 3.24. The van der Waals surface area contributed by atoms with Gasteiger partial charge in [-0.3, -0.25) is 0 Å². The molecule has 0 spiro atoms. The summed E-state index contributed by atoms with van der Waals surface area (Å²) in [7, 11) is 1.61. The van der Waals surface area contributed by atoms with Gasteiger partial charge in [0.05, 0.1) is 18.1 Å². The number of aromatic nitrogens is 4. The minimum Gasteiger partial charge on any atom is -0.493 e. The van der Waals surface area contributed by atoms with Crippen LogP contribution < -0.4 is 9.47 Å². The van der Waals surface area contributed by atoms with E-state index in [4.69, 9.17) is 14.0 Å². The van der Waals surface area contributed by atoms with Crippen molar-refractivity contribution in [2.45, 2.75) is 33.4 Å². The van der Waals surface area contributed by atoms with Crippen LogP contribution in [0.1, 0.15) is 25.6 Å².